The number of carbonyl (C=O) groups excluding carboxylic acids is 1. The SMILES string of the molecule is CCOC(=O)CN(c1c(C)cc(C)cc1C)S(=O)(=O)c1ccc(Cl)cc1. The molecular formula is C19H22ClNO4S. The number of anilines is 1. The maximum Gasteiger partial charge on any atom is 0.326 e. The summed E-state index contributed by atoms with van der Waals surface area (Å²) in [6.45, 7) is 7.05. The molecule has 0 radical (unpaired) electrons. The molecule has 0 amide bonds. The van der Waals surface area contributed by atoms with E-state index >= 15 is 0 Å². The molecule has 0 unspecified atom stereocenters. The molecule has 0 atom stereocenters. The Hall–Kier alpha value is -2.05. The van der Waals surface area contributed by atoms with Gasteiger partial charge in [0.2, 0.25) is 0 Å². The highest BCUT2D eigenvalue weighted by Crippen LogP contribution is 2.31. The van der Waals surface area contributed by atoms with Gasteiger partial charge in [0.1, 0.15) is 6.54 Å². The molecule has 0 spiro atoms. The van der Waals surface area contributed by atoms with Gasteiger partial charge >= 0.3 is 5.97 Å². The molecule has 2 aromatic carbocycles. The molecule has 0 aliphatic rings. The zero-order valence-electron chi connectivity index (χ0n) is 15.2. The van der Waals surface area contributed by atoms with Crippen molar-refractivity contribution in [2.75, 3.05) is 17.5 Å². The van der Waals surface area contributed by atoms with Crippen LogP contribution in [0.25, 0.3) is 0 Å². The van der Waals surface area contributed by atoms with Gasteiger partial charge in [-0.15, -0.1) is 0 Å². The fourth-order valence-corrected chi connectivity index (χ4v) is 4.57. The molecule has 5 nitrogen and oxygen atoms in total. The van der Waals surface area contributed by atoms with E-state index in [9.17, 15) is 13.2 Å². The minimum absolute atomic E-state index is 0.0607. The first kappa shape index (κ1) is 20.3. The van der Waals surface area contributed by atoms with Crippen LogP contribution in [0.5, 0.6) is 0 Å². The van der Waals surface area contributed by atoms with Crippen LogP contribution in [0.1, 0.15) is 23.6 Å². The normalized spacial score (nSPS) is 11.3. The fourth-order valence-electron chi connectivity index (χ4n) is 2.91. The lowest BCUT2D eigenvalue weighted by atomic mass is 10.1. The van der Waals surface area contributed by atoms with E-state index in [1.165, 1.54) is 24.3 Å². The Morgan fingerprint density at radius 3 is 2.12 bits per heavy atom. The molecule has 2 rings (SSSR count). The number of hydrogen-bond donors (Lipinski definition) is 0. The molecule has 0 aromatic heterocycles. The number of rotatable bonds is 6. The minimum atomic E-state index is -3.97. The van der Waals surface area contributed by atoms with Crippen LogP contribution in [0.15, 0.2) is 41.3 Å². The highest BCUT2D eigenvalue weighted by molar-refractivity contribution is 7.92. The van der Waals surface area contributed by atoms with E-state index in [0.717, 1.165) is 21.0 Å². The number of esters is 1. The van der Waals surface area contributed by atoms with Gasteiger partial charge in [0.25, 0.3) is 10.0 Å². The number of hydrogen-bond acceptors (Lipinski definition) is 4. The lowest BCUT2D eigenvalue weighted by Gasteiger charge is -2.27. The molecule has 0 bridgehead atoms. The Morgan fingerprint density at radius 1 is 1.08 bits per heavy atom. The van der Waals surface area contributed by atoms with Crippen molar-refractivity contribution >= 4 is 33.3 Å². The van der Waals surface area contributed by atoms with Crippen LogP contribution in [-0.4, -0.2) is 27.5 Å². The topological polar surface area (TPSA) is 63.7 Å². The van der Waals surface area contributed by atoms with Gasteiger partial charge in [-0.3, -0.25) is 9.10 Å². The molecule has 0 aliphatic carbocycles. The molecule has 26 heavy (non-hydrogen) atoms. The standard InChI is InChI=1S/C19H22ClNO4S/c1-5-25-18(22)12-21(19-14(3)10-13(2)11-15(19)4)26(23,24)17-8-6-16(20)7-9-17/h6-11H,5,12H2,1-4H3. The number of nitrogens with zero attached hydrogens (tertiary/aromatic N) is 1. The van der Waals surface area contributed by atoms with Gasteiger partial charge in [-0.25, -0.2) is 8.42 Å². The highest BCUT2D eigenvalue weighted by atomic mass is 35.5. The Morgan fingerprint density at radius 2 is 1.62 bits per heavy atom. The van der Waals surface area contributed by atoms with E-state index in [1.807, 2.05) is 32.9 Å². The molecule has 0 heterocycles. The van der Waals surface area contributed by atoms with Crippen molar-refractivity contribution < 1.29 is 17.9 Å². The lowest BCUT2D eigenvalue weighted by Crippen LogP contribution is -2.37. The van der Waals surface area contributed by atoms with Crippen LogP contribution >= 0.6 is 11.6 Å². The molecule has 0 fully saturated rings. The van der Waals surface area contributed by atoms with Crippen LogP contribution in [0.3, 0.4) is 0 Å². The average Bonchev–Trinajstić information content (AvgIpc) is 2.53. The lowest BCUT2D eigenvalue weighted by molar-refractivity contribution is -0.141. The van der Waals surface area contributed by atoms with E-state index in [2.05, 4.69) is 0 Å². The van der Waals surface area contributed by atoms with E-state index in [0.29, 0.717) is 10.7 Å². The van der Waals surface area contributed by atoms with Crippen LogP contribution in [0.4, 0.5) is 5.69 Å². The molecule has 7 heteroatoms. The largest absolute Gasteiger partial charge is 0.465 e. The first-order valence-corrected chi connectivity index (χ1v) is 10.0. The summed E-state index contributed by atoms with van der Waals surface area (Å²) in [5.41, 5.74) is 3.04. The number of halogens is 1. The number of carbonyl (C=O) groups is 1. The predicted octanol–water partition coefficient (Wildman–Crippen LogP) is 4.02. The average molecular weight is 396 g/mol. The molecule has 0 aliphatic heterocycles. The fraction of sp³-hybridized carbons (Fsp3) is 0.316. The molecule has 2 aromatic rings. The van der Waals surface area contributed by atoms with E-state index in [-0.39, 0.29) is 11.5 Å². The number of sulfonamides is 1. The first-order chi connectivity index (χ1) is 12.2. The smallest absolute Gasteiger partial charge is 0.326 e. The Bertz CT molecular complexity index is 885. The van der Waals surface area contributed by atoms with Crippen LogP contribution in [0, 0.1) is 20.8 Å². The molecular weight excluding hydrogens is 374 g/mol. The highest BCUT2D eigenvalue weighted by Gasteiger charge is 2.30. The van der Waals surface area contributed by atoms with Gasteiger partial charge in [-0.2, -0.15) is 0 Å². The van der Waals surface area contributed by atoms with Crippen LogP contribution < -0.4 is 4.31 Å². The van der Waals surface area contributed by atoms with Gasteiger partial charge in [0, 0.05) is 5.02 Å². The summed E-state index contributed by atoms with van der Waals surface area (Å²) in [5.74, 6) is -0.607. The summed E-state index contributed by atoms with van der Waals surface area (Å²) in [4.78, 5) is 12.2. The van der Waals surface area contributed by atoms with E-state index < -0.39 is 22.5 Å². The van der Waals surface area contributed by atoms with E-state index in [1.54, 1.807) is 6.92 Å². The third-order valence-electron chi connectivity index (χ3n) is 3.86. The quantitative estimate of drug-likeness (QED) is 0.693. The van der Waals surface area contributed by atoms with E-state index in [4.69, 9.17) is 16.3 Å². The van der Waals surface area contributed by atoms with Crippen molar-refractivity contribution in [2.45, 2.75) is 32.6 Å². The zero-order valence-corrected chi connectivity index (χ0v) is 16.8. The second-order valence-corrected chi connectivity index (χ2v) is 8.32. The Kier molecular flexibility index (Phi) is 6.31. The molecule has 140 valence electrons. The second-order valence-electron chi connectivity index (χ2n) is 6.02. The number of ether oxygens (including phenoxy) is 1. The molecule has 0 saturated heterocycles. The monoisotopic (exact) mass is 395 g/mol. The van der Waals surface area contributed by atoms with Gasteiger partial charge < -0.3 is 4.74 Å². The second kappa shape index (κ2) is 8.10. The summed E-state index contributed by atoms with van der Waals surface area (Å²) in [5, 5.41) is 0.434. The Balaban J connectivity index is 2.61. The van der Waals surface area contributed by atoms with Gasteiger partial charge in [-0.05, 0) is 63.1 Å². The van der Waals surface area contributed by atoms with Crippen LogP contribution in [-0.2, 0) is 19.6 Å². The van der Waals surface area contributed by atoms with Gasteiger partial charge in [0.05, 0.1) is 17.2 Å². The zero-order chi connectivity index (χ0) is 19.5. The first-order valence-electron chi connectivity index (χ1n) is 8.18. The number of aryl methyl sites for hydroxylation is 3. The summed E-state index contributed by atoms with van der Waals surface area (Å²) in [6, 6.07) is 9.64. The maximum absolute atomic E-state index is 13.2. The minimum Gasteiger partial charge on any atom is -0.465 e. The molecule has 0 saturated carbocycles. The van der Waals surface area contributed by atoms with Crippen molar-refractivity contribution in [3.8, 4) is 0 Å². The Labute approximate surface area is 159 Å². The third kappa shape index (κ3) is 4.37. The summed E-state index contributed by atoms with van der Waals surface area (Å²) in [6.07, 6.45) is 0. The summed E-state index contributed by atoms with van der Waals surface area (Å²) in [7, 11) is -3.97. The molecule has 0 N–H and O–H groups in total. The third-order valence-corrected chi connectivity index (χ3v) is 5.88. The summed E-state index contributed by atoms with van der Waals surface area (Å²) < 4.78 is 32.6. The predicted molar refractivity (Wildman–Crippen MR) is 103 cm³/mol. The van der Waals surface area contributed by atoms with Crippen molar-refractivity contribution in [2.24, 2.45) is 0 Å². The maximum atomic E-state index is 13.2. The van der Waals surface area contributed by atoms with Crippen molar-refractivity contribution in [1.29, 1.82) is 0 Å². The van der Waals surface area contributed by atoms with Crippen molar-refractivity contribution in [1.82, 2.24) is 0 Å². The van der Waals surface area contributed by atoms with Gasteiger partial charge in [-0.1, -0.05) is 29.3 Å². The van der Waals surface area contributed by atoms with Crippen molar-refractivity contribution in [3.05, 3.63) is 58.1 Å². The number of benzene rings is 2. The van der Waals surface area contributed by atoms with Gasteiger partial charge in [0.15, 0.2) is 0 Å². The summed E-state index contributed by atoms with van der Waals surface area (Å²) >= 11 is 5.87. The van der Waals surface area contributed by atoms with Crippen LogP contribution in [0.2, 0.25) is 5.02 Å². The van der Waals surface area contributed by atoms with Crippen molar-refractivity contribution in [3.63, 3.8) is 0 Å².